The Hall–Kier alpha value is -1.07. The molecule has 0 aliphatic rings. The zero-order valence-corrected chi connectivity index (χ0v) is 12.0. The van der Waals surface area contributed by atoms with Gasteiger partial charge < -0.3 is 10.5 Å². The highest BCUT2D eigenvalue weighted by Gasteiger charge is 2.03. The maximum atomic E-state index is 5.79. The van der Waals surface area contributed by atoms with Gasteiger partial charge in [-0.15, -0.1) is 0 Å². The lowest BCUT2D eigenvalue weighted by Gasteiger charge is -2.08. The fourth-order valence-corrected chi connectivity index (χ4v) is 2.14. The summed E-state index contributed by atoms with van der Waals surface area (Å²) in [5.74, 6) is 0.452. The Bertz CT molecular complexity index is 532. The van der Waals surface area contributed by atoms with Crippen LogP contribution in [0.5, 0.6) is 5.88 Å². The van der Waals surface area contributed by atoms with E-state index in [9.17, 15) is 0 Å². The smallest absolute Gasteiger partial charge is 0.237 e. The van der Waals surface area contributed by atoms with Gasteiger partial charge in [0, 0.05) is 15.1 Å². The summed E-state index contributed by atoms with van der Waals surface area (Å²) in [6, 6.07) is 9.68. The number of rotatable bonds is 3. The molecule has 3 nitrogen and oxygen atoms in total. The minimum Gasteiger partial charge on any atom is -0.471 e. The van der Waals surface area contributed by atoms with E-state index in [1.165, 1.54) is 0 Å². The SMILES string of the molecule is Nc1cc(Br)cnc1OCc1cccc(Br)c1. The number of benzene rings is 1. The Morgan fingerprint density at radius 2 is 2.00 bits per heavy atom. The van der Waals surface area contributed by atoms with Gasteiger partial charge in [-0.25, -0.2) is 4.98 Å². The molecule has 1 heterocycles. The summed E-state index contributed by atoms with van der Waals surface area (Å²) < 4.78 is 7.42. The van der Waals surface area contributed by atoms with E-state index in [0.29, 0.717) is 18.2 Å². The number of halogens is 2. The van der Waals surface area contributed by atoms with Crippen LogP contribution in [0, 0.1) is 0 Å². The summed E-state index contributed by atoms with van der Waals surface area (Å²) in [6.07, 6.45) is 1.66. The average molecular weight is 358 g/mol. The maximum absolute atomic E-state index is 5.79. The Balaban J connectivity index is 2.07. The van der Waals surface area contributed by atoms with E-state index >= 15 is 0 Å². The molecule has 0 aliphatic heterocycles. The van der Waals surface area contributed by atoms with Crippen LogP contribution in [-0.4, -0.2) is 4.98 Å². The van der Waals surface area contributed by atoms with Crippen LogP contribution in [0.4, 0.5) is 5.69 Å². The second-order valence-corrected chi connectivity index (χ2v) is 5.30. The summed E-state index contributed by atoms with van der Waals surface area (Å²) in [5, 5.41) is 0. The van der Waals surface area contributed by atoms with E-state index in [1.54, 1.807) is 12.3 Å². The zero-order chi connectivity index (χ0) is 12.3. The molecule has 1 aromatic heterocycles. The molecule has 2 rings (SSSR count). The Kier molecular flexibility index (Phi) is 4.02. The topological polar surface area (TPSA) is 48.1 Å². The molecule has 0 amide bonds. The monoisotopic (exact) mass is 356 g/mol. The van der Waals surface area contributed by atoms with Gasteiger partial charge in [-0.2, -0.15) is 0 Å². The van der Waals surface area contributed by atoms with Gasteiger partial charge in [-0.1, -0.05) is 28.1 Å². The van der Waals surface area contributed by atoms with Crippen molar-refractivity contribution in [2.45, 2.75) is 6.61 Å². The standard InChI is InChI=1S/C12H10Br2N2O/c13-9-3-1-2-8(4-9)7-17-12-11(15)5-10(14)6-16-12/h1-6H,7,15H2. The zero-order valence-electron chi connectivity index (χ0n) is 8.86. The number of hydrogen-bond donors (Lipinski definition) is 1. The number of nitrogens with zero attached hydrogens (tertiary/aromatic N) is 1. The van der Waals surface area contributed by atoms with Crippen LogP contribution in [-0.2, 0) is 6.61 Å². The lowest BCUT2D eigenvalue weighted by atomic mass is 10.2. The number of hydrogen-bond acceptors (Lipinski definition) is 3. The second kappa shape index (κ2) is 5.51. The minimum atomic E-state index is 0.443. The van der Waals surface area contributed by atoms with Crippen LogP contribution in [0.3, 0.4) is 0 Å². The number of anilines is 1. The van der Waals surface area contributed by atoms with Crippen LogP contribution < -0.4 is 10.5 Å². The Morgan fingerprint density at radius 3 is 2.71 bits per heavy atom. The van der Waals surface area contributed by atoms with Crippen LogP contribution >= 0.6 is 31.9 Å². The third kappa shape index (κ3) is 3.44. The molecule has 0 fully saturated rings. The summed E-state index contributed by atoms with van der Waals surface area (Å²) in [6.45, 7) is 0.443. The van der Waals surface area contributed by atoms with Crippen molar-refractivity contribution in [3.63, 3.8) is 0 Å². The molecule has 0 unspecified atom stereocenters. The summed E-state index contributed by atoms with van der Waals surface area (Å²) in [5.41, 5.74) is 7.37. The highest BCUT2D eigenvalue weighted by Crippen LogP contribution is 2.23. The number of aromatic nitrogens is 1. The van der Waals surface area contributed by atoms with E-state index in [0.717, 1.165) is 14.5 Å². The summed E-state index contributed by atoms with van der Waals surface area (Å²) in [4.78, 5) is 4.11. The number of nitrogens with two attached hydrogens (primary N) is 1. The van der Waals surface area contributed by atoms with Gasteiger partial charge in [0.05, 0.1) is 5.69 Å². The molecule has 0 saturated heterocycles. The molecule has 1 aromatic carbocycles. The van der Waals surface area contributed by atoms with Gasteiger partial charge in [-0.3, -0.25) is 0 Å². The quantitative estimate of drug-likeness (QED) is 0.909. The fourth-order valence-electron chi connectivity index (χ4n) is 1.34. The van der Waals surface area contributed by atoms with E-state index in [1.807, 2.05) is 24.3 Å². The predicted octanol–water partition coefficient (Wildman–Crippen LogP) is 3.77. The third-order valence-electron chi connectivity index (χ3n) is 2.11. The molecule has 17 heavy (non-hydrogen) atoms. The lowest BCUT2D eigenvalue weighted by molar-refractivity contribution is 0.295. The molecule has 0 spiro atoms. The number of ether oxygens (including phenoxy) is 1. The van der Waals surface area contributed by atoms with E-state index in [2.05, 4.69) is 36.8 Å². The predicted molar refractivity (Wildman–Crippen MR) is 74.8 cm³/mol. The molecular formula is C12H10Br2N2O. The van der Waals surface area contributed by atoms with E-state index in [4.69, 9.17) is 10.5 Å². The van der Waals surface area contributed by atoms with Gasteiger partial charge in [0.2, 0.25) is 5.88 Å². The van der Waals surface area contributed by atoms with Crippen molar-refractivity contribution >= 4 is 37.5 Å². The molecule has 0 atom stereocenters. The van der Waals surface area contributed by atoms with Gasteiger partial charge in [0.25, 0.3) is 0 Å². The molecular weight excluding hydrogens is 348 g/mol. The molecule has 2 aromatic rings. The molecule has 0 radical (unpaired) electrons. The molecule has 88 valence electrons. The van der Waals surface area contributed by atoms with Gasteiger partial charge in [-0.05, 0) is 39.7 Å². The summed E-state index contributed by atoms with van der Waals surface area (Å²) in [7, 11) is 0. The van der Waals surface area contributed by atoms with Crippen LogP contribution in [0.1, 0.15) is 5.56 Å². The number of pyridine rings is 1. The Labute approximate surface area is 116 Å². The molecule has 0 saturated carbocycles. The summed E-state index contributed by atoms with van der Waals surface area (Å²) >= 11 is 6.71. The highest BCUT2D eigenvalue weighted by molar-refractivity contribution is 9.10. The first-order chi connectivity index (χ1) is 8.15. The van der Waals surface area contributed by atoms with Crippen molar-refractivity contribution < 1.29 is 4.74 Å². The van der Waals surface area contributed by atoms with Crippen molar-refractivity contribution in [3.8, 4) is 5.88 Å². The minimum absolute atomic E-state index is 0.443. The largest absolute Gasteiger partial charge is 0.471 e. The first-order valence-corrected chi connectivity index (χ1v) is 6.52. The van der Waals surface area contributed by atoms with Gasteiger partial charge in [0.1, 0.15) is 6.61 Å². The van der Waals surface area contributed by atoms with Crippen LogP contribution in [0.2, 0.25) is 0 Å². The fraction of sp³-hybridized carbons (Fsp3) is 0.0833. The Morgan fingerprint density at radius 1 is 1.18 bits per heavy atom. The first kappa shape index (κ1) is 12.4. The van der Waals surface area contributed by atoms with Crippen molar-refractivity contribution in [1.82, 2.24) is 4.98 Å². The normalized spacial score (nSPS) is 10.2. The average Bonchev–Trinajstić information content (AvgIpc) is 2.28. The highest BCUT2D eigenvalue weighted by atomic mass is 79.9. The van der Waals surface area contributed by atoms with Crippen LogP contribution in [0.15, 0.2) is 45.5 Å². The number of nitrogen functional groups attached to an aromatic ring is 1. The molecule has 5 heteroatoms. The van der Waals surface area contributed by atoms with Crippen molar-refractivity contribution in [3.05, 3.63) is 51.0 Å². The van der Waals surface area contributed by atoms with Crippen molar-refractivity contribution in [2.75, 3.05) is 5.73 Å². The van der Waals surface area contributed by atoms with Gasteiger partial charge >= 0.3 is 0 Å². The third-order valence-corrected chi connectivity index (χ3v) is 3.04. The second-order valence-electron chi connectivity index (χ2n) is 3.47. The van der Waals surface area contributed by atoms with E-state index < -0.39 is 0 Å². The van der Waals surface area contributed by atoms with E-state index in [-0.39, 0.29) is 0 Å². The van der Waals surface area contributed by atoms with Crippen LogP contribution in [0.25, 0.3) is 0 Å². The van der Waals surface area contributed by atoms with Gasteiger partial charge in [0.15, 0.2) is 0 Å². The van der Waals surface area contributed by atoms with Crippen molar-refractivity contribution in [1.29, 1.82) is 0 Å². The lowest BCUT2D eigenvalue weighted by Crippen LogP contribution is -2.00. The first-order valence-electron chi connectivity index (χ1n) is 4.93. The molecule has 2 N–H and O–H groups in total. The molecule has 0 bridgehead atoms. The van der Waals surface area contributed by atoms with Crippen molar-refractivity contribution in [2.24, 2.45) is 0 Å². The molecule has 0 aliphatic carbocycles. The maximum Gasteiger partial charge on any atom is 0.237 e.